The average molecular weight is 289 g/mol. The molecule has 0 aliphatic carbocycles. The number of carbonyl (C=O) groups excluding carboxylic acids is 1. The highest BCUT2D eigenvalue weighted by Gasteiger charge is 2.13. The highest BCUT2D eigenvalue weighted by molar-refractivity contribution is 7.84. The zero-order valence-electron chi connectivity index (χ0n) is 10.4. The van der Waals surface area contributed by atoms with Gasteiger partial charge in [-0.05, 0) is 31.5 Å². The molecule has 3 N–H and O–H groups in total. The van der Waals surface area contributed by atoms with Crippen LogP contribution in [0.1, 0.15) is 23.7 Å². The quantitative estimate of drug-likeness (QED) is 0.812. The summed E-state index contributed by atoms with van der Waals surface area (Å²) in [7, 11) is -0.847. The van der Waals surface area contributed by atoms with Crippen molar-refractivity contribution in [1.29, 1.82) is 0 Å². The molecule has 0 saturated heterocycles. The van der Waals surface area contributed by atoms with E-state index in [0.717, 1.165) is 0 Å². The molecule has 1 amide bonds. The van der Waals surface area contributed by atoms with Crippen LogP contribution in [0.25, 0.3) is 0 Å². The lowest BCUT2D eigenvalue weighted by molar-refractivity contribution is 0.0939. The Bertz CT molecular complexity index is 465. The Balaban J connectivity index is 2.62. The van der Waals surface area contributed by atoms with Crippen LogP contribution in [-0.4, -0.2) is 28.2 Å². The van der Waals surface area contributed by atoms with Gasteiger partial charge in [-0.1, -0.05) is 11.6 Å². The first kappa shape index (κ1) is 15.0. The maximum atomic E-state index is 11.9. The Morgan fingerprint density at radius 1 is 1.56 bits per heavy atom. The molecule has 4 nitrogen and oxygen atoms in total. The van der Waals surface area contributed by atoms with Crippen molar-refractivity contribution in [3.8, 4) is 0 Å². The van der Waals surface area contributed by atoms with Gasteiger partial charge < -0.3 is 11.1 Å². The predicted octanol–water partition coefficient (Wildman–Crippen LogP) is 1.81. The third-order valence-electron chi connectivity index (χ3n) is 2.45. The number of anilines is 1. The van der Waals surface area contributed by atoms with Crippen LogP contribution in [0, 0.1) is 0 Å². The van der Waals surface area contributed by atoms with Crippen molar-refractivity contribution in [2.75, 3.05) is 17.7 Å². The molecule has 6 heteroatoms. The Morgan fingerprint density at radius 2 is 2.22 bits per heavy atom. The molecule has 18 heavy (non-hydrogen) atoms. The van der Waals surface area contributed by atoms with Gasteiger partial charge in [0.25, 0.3) is 5.91 Å². The van der Waals surface area contributed by atoms with Crippen molar-refractivity contribution in [3.05, 3.63) is 28.8 Å². The van der Waals surface area contributed by atoms with E-state index in [1.807, 2.05) is 6.92 Å². The van der Waals surface area contributed by atoms with E-state index in [4.69, 9.17) is 17.3 Å². The van der Waals surface area contributed by atoms with Crippen molar-refractivity contribution < 1.29 is 9.00 Å². The fourth-order valence-electron chi connectivity index (χ4n) is 1.43. The Labute approximate surface area is 114 Å². The molecular formula is C12H17ClN2O2S. The number of nitrogens with two attached hydrogens (primary N) is 1. The standard InChI is InChI=1S/C12H17ClN2O2S/c1-8(5-6-18(2)17)15-12(16)10-4-3-9(14)7-11(10)13/h3-4,7-8H,5-6,14H2,1-2H3,(H,15,16). The van der Waals surface area contributed by atoms with Gasteiger partial charge in [-0.15, -0.1) is 0 Å². The minimum Gasteiger partial charge on any atom is -0.399 e. The van der Waals surface area contributed by atoms with Crippen LogP contribution in [0.5, 0.6) is 0 Å². The molecule has 1 rings (SSSR count). The fraction of sp³-hybridized carbons (Fsp3) is 0.417. The number of nitrogens with one attached hydrogen (secondary N) is 1. The second-order valence-corrected chi connectivity index (χ2v) is 6.14. The normalized spacial score (nSPS) is 13.9. The summed E-state index contributed by atoms with van der Waals surface area (Å²) >= 11 is 5.95. The molecule has 1 aromatic rings. The van der Waals surface area contributed by atoms with E-state index in [9.17, 15) is 9.00 Å². The maximum Gasteiger partial charge on any atom is 0.253 e. The number of nitrogen functional groups attached to an aromatic ring is 1. The third-order valence-corrected chi connectivity index (χ3v) is 3.58. The Hall–Kier alpha value is -1.07. The van der Waals surface area contributed by atoms with E-state index in [0.29, 0.717) is 28.4 Å². The van der Waals surface area contributed by atoms with E-state index < -0.39 is 10.8 Å². The first-order valence-corrected chi connectivity index (χ1v) is 7.66. The molecule has 0 bridgehead atoms. The highest BCUT2D eigenvalue weighted by Crippen LogP contribution is 2.19. The lowest BCUT2D eigenvalue weighted by atomic mass is 10.1. The molecule has 0 heterocycles. The molecule has 0 aliphatic heterocycles. The third kappa shape index (κ3) is 4.66. The Kier molecular flexibility index (Phi) is 5.62. The summed E-state index contributed by atoms with van der Waals surface area (Å²) in [6.07, 6.45) is 2.31. The van der Waals surface area contributed by atoms with Crippen molar-refractivity contribution in [2.24, 2.45) is 0 Å². The van der Waals surface area contributed by atoms with Crippen LogP contribution in [0.15, 0.2) is 18.2 Å². The lowest BCUT2D eigenvalue weighted by Gasteiger charge is -2.14. The van der Waals surface area contributed by atoms with Gasteiger partial charge in [0.1, 0.15) is 0 Å². The number of halogens is 1. The Morgan fingerprint density at radius 3 is 2.78 bits per heavy atom. The summed E-state index contributed by atoms with van der Waals surface area (Å²) in [5.41, 5.74) is 6.48. The smallest absolute Gasteiger partial charge is 0.253 e. The van der Waals surface area contributed by atoms with Crippen molar-refractivity contribution in [1.82, 2.24) is 5.32 Å². The van der Waals surface area contributed by atoms with Crippen molar-refractivity contribution in [2.45, 2.75) is 19.4 Å². The van der Waals surface area contributed by atoms with Crippen LogP contribution in [-0.2, 0) is 10.8 Å². The number of carbonyl (C=O) groups is 1. The van der Waals surface area contributed by atoms with Gasteiger partial charge in [-0.2, -0.15) is 0 Å². The van der Waals surface area contributed by atoms with Gasteiger partial charge in [-0.3, -0.25) is 9.00 Å². The molecule has 0 aliphatic rings. The zero-order valence-corrected chi connectivity index (χ0v) is 12.0. The minimum atomic E-state index is -0.847. The molecule has 0 radical (unpaired) electrons. The topological polar surface area (TPSA) is 72.2 Å². The summed E-state index contributed by atoms with van der Waals surface area (Å²) in [6.45, 7) is 1.87. The van der Waals surface area contributed by atoms with Gasteiger partial charge in [-0.25, -0.2) is 0 Å². The van der Waals surface area contributed by atoms with E-state index >= 15 is 0 Å². The summed E-state index contributed by atoms with van der Waals surface area (Å²) < 4.78 is 11.0. The van der Waals surface area contributed by atoms with E-state index in [1.165, 1.54) is 0 Å². The largest absolute Gasteiger partial charge is 0.399 e. The first-order chi connectivity index (χ1) is 8.40. The zero-order chi connectivity index (χ0) is 13.7. The first-order valence-electron chi connectivity index (χ1n) is 5.56. The van der Waals surface area contributed by atoms with E-state index in [1.54, 1.807) is 24.5 Å². The van der Waals surface area contributed by atoms with Gasteiger partial charge in [0.2, 0.25) is 0 Å². The monoisotopic (exact) mass is 288 g/mol. The van der Waals surface area contributed by atoms with Gasteiger partial charge >= 0.3 is 0 Å². The number of benzene rings is 1. The second kappa shape index (κ2) is 6.75. The van der Waals surface area contributed by atoms with Crippen molar-refractivity contribution in [3.63, 3.8) is 0 Å². The van der Waals surface area contributed by atoms with E-state index in [-0.39, 0.29) is 11.9 Å². The molecular weight excluding hydrogens is 272 g/mol. The number of rotatable bonds is 5. The van der Waals surface area contributed by atoms with Gasteiger partial charge in [0, 0.05) is 34.5 Å². The van der Waals surface area contributed by atoms with Crippen LogP contribution in [0.2, 0.25) is 5.02 Å². The number of amides is 1. The van der Waals surface area contributed by atoms with Crippen LogP contribution in [0.3, 0.4) is 0 Å². The minimum absolute atomic E-state index is 0.0463. The molecule has 100 valence electrons. The second-order valence-electron chi connectivity index (χ2n) is 4.18. The summed E-state index contributed by atoms with van der Waals surface area (Å²) in [4.78, 5) is 11.9. The fourth-order valence-corrected chi connectivity index (χ4v) is 2.39. The van der Waals surface area contributed by atoms with E-state index in [2.05, 4.69) is 5.32 Å². The summed E-state index contributed by atoms with van der Waals surface area (Å²) in [6, 6.07) is 4.72. The maximum absolute atomic E-state index is 11.9. The highest BCUT2D eigenvalue weighted by atomic mass is 35.5. The van der Waals surface area contributed by atoms with Crippen LogP contribution >= 0.6 is 11.6 Å². The molecule has 0 saturated carbocycles. The van der Waals surface area contributed by atoms with Crippen molar-refractivity contribution >= 4 is 34.0 Å². The lowest BCUT2D eigenvalue weighted by Crippen LogP contribution is -2.33. The SMILES string of the molecule is CC(CCS(C)=O)NC(=O)c1ccc(N)cc1Cl. The van der Waals surface area contributed by atoms with Gasteiger partial charge in [0.05, 0.1) is 10.6 Å². The molecule has 2 unspecified atom stereocenters. The summed E-state index contributed by atoms with van der Waals surface area (Å²) in [5, 5.41) is 3.15. The summed E-state index contributed by atoms with van der Waals surface area (Å²) in [5.74, 6) is 0.325. The van der Waals surface area contributed by atoms with Crippen LogP contribution in [0.4, 0.5) is 5.69 Å². The van der Waals surface area contributed by atoms with Crippen LogP contribution < -0.4 is 11.1 Å². The molecule has 0 fully saturated rings. The van der Waals surface area contributed by atoms with Gasteiger partial charge in [0.15, 0.2) is 0 Å². The molecule has 0 spiro atoms. The number of hydrogen-bond donors (Lipinski definition) is 2. The molecule has 2 atom stereocenters. The average Bonchev–Trinajstić information content (AvgIpc) is 2.26. The molecule has 0 aromatic heterocycles. The molecule has 1 aromatic carbocycles. The number of hydrogen-bond acceptors (Lipinski definition) is 3. The predicted molar refractivity (Wildman–Crippen MR) is 76.3 cm³/mol.